The zero-order valence-corrected chi connectivity index (χ0v) is 10.0. The van der Waals surface area contributed by atoms with Crippen molar-refractivity contribution in [2.45, 2.75) is 19.8 Å². The number of nitrogens with zero attached hydrogens (tertiary/aromatic N) is 2. The number of imidazole rings is 2. The summed E-state index contributed by atoms with van der Waals surface area (Å²) in [6, 6.07) is 3.87. The van der Waals surface area contributed by atoms with Gasteiger partial charge in [-0.05, 0) is 12.1 Å². The van der Waals surface area contributed by atoms with Crippen molar-refractivity contribution in [1.82, 2.24) is 19.5 Å². The van der Waals surface area contributed by atoms with Crippen molar-refractivity contribution in [3.05, 3.63) is 28.4 Å². The van der Waals surface area contributed by atoms with Crippen LogP contribution in [0.4, 0.5) is 0 Å². The molecule has 5 heteroatoms. The molecule has 3 rings (SSSR count). The lowest BCUT2D eigenvalue weighted by atomic mass is 10.2. The van der Waals surface area contributed by atoms with Gasteiger partial charge in [-0.25, -0.2) is 9.78 Å². The number of aryl methyl sites for hydroxylation is 1. The van der Waals surface area contributed by atoms with Gasteiger partial charge >= 0.3 is 5.69 Å². The van der Waals surface area contributed by atoms with Crippen molar-refractivity contribution < 1.29 is 0 Å². The van der Waals surface area contributed by atoms with E-state index in [1.165, 1.54) is 0 Å². The molecule has 0 saturated heterocycles. The fourth-order valence-electron chi connectivity index (χ4n) is 2.03. The maximum atomic E-state index is 11.5. The van der Waals surface area contributed by atoms with Crippen molar-refractivity contribution in [3.63, 3.8) is 0 Å². The Morgan fingerprint density at radius 2 is 2.00 bits per heavy atom. The third-order valence-electron chi connectivity index (χ3n) is 3.07. The zero-order chi connectivity index (χ0) is 12.2. The van der Waals surface area contributed by atoms with Gasteiger partial charge in [0.15, 0.2) is 0 Å². The fraction of sp³-hybridized carbons (Fsp3) is 0.333. The highest BCUT2D eigenvalue weighted by molar-refractivity contribution is 5.91. The summed E-state index contributed by atoms with van der Waals surface area (Å²) in [5.74, 6) is 1.34. The van der Waals surface area contributed by atoms with E-state index in [-0.39, 0.29) is 5.69 Å². The first-order chi connectivity index (χ1) is 8.06. The first kappa shape index (κ1) is 10.1. The largest absolute Gasteiger partial charge is 0.342 e. The molecule has 17 heavy (non-hydrogen) atoms. The van der Waals surface area contributed by atoms with Gasteiger partial charge in [-0.3, -0.25) is 4.57 Å². The standard InChI is InChI=1S/C12H14N4O/c1-6(2)11-13-7-4-9-10(5-8(7)14-11)16(3)12(17)15-9/h4-6H,1-3H3,(H,13,14)(H,15,17). The maximum absolute atomic E-state index is 11.5. The molecular weight excluding hydrogens is 216 g/mol. The molecule has 0 saturated carbocycles. The van der Waals surface area contributed by atoms with Crippen molar-refractivity contribution in [1.29, 1.82) is 0 Å². The number of benzene rings is 1. The number of H-pyrrole nitrogens is 2. The molecule has 0 spiro atoms. The van der Waals surface area contributed by atoms with Gasteiger partial charge in [-0.15, -0.1) is 0 Å². The van der Waals surface area contributed by atoms with Gasteiger partial charge in [0.05, 0.1) is 22.1 Å². The number of nitrogens with one attached hydrogen (secondary N) is 2. The van der Waals surface area contributed by atoms with E-state index in [4.69, 9.17) is 0 Å². The number of hydrogen-bond donors (Lipinski definition) is 2. The van der Waals surface area contributed by atoms with Crippen LogP contribution in [0.15, 0.2) is 16.9 Å². The lowest BCUT2D eigenvalue weighted by Crippen LogP contribution is -2.11. The van der Waals surface area contributed by atoms with Crippen LogP contribution >= 0.6 is 0 Å². The average molecular weight is 230 g/mol. The number of hydrogen-bond acceptors (Lipinski definition) is 2. The molecule has 0 atom stereocenters. The first-order valence-electron chi connectivity index (χ1n) is 5.64. The zero-order valence-electron chi connectivity index (χ0n) is 10.0. The molecule has 2 heterocycles. The molecule has 0 aliphatic heterocycles. The summed E-state index contributed by atoms with van der Waals surface area (Å²) in [6.45, 7) is 4.19. The highest BCUT2D eigenvalue weighted by atomic mass is 16.1. The lowest BCUT2D eigenvalue weighted by Gasteiger charge is -1.95. The molecule has 5 nitrogen and oxygen atoms in total. The molecule has 0 radical (unpaired) electrons. The van der Waals surface area contributed by atoms with E-state index in [0.717, 1.165) is 27.9 Å². The van der Waals surface area contributed by atoms with Gasteiger partial charge in [0.2, 0.25) is 0 Å². The Balaban J connectivity index is 2.38. The molecule has 0 unspecified atom stereocenters. The number of aromatic amines is 2. The summed E-state index contributed by atoms with van der Waals surface area (Å²) < 4.78 is 1.60. The molecule has 0 fully saturated rings. The molecule has 3 aromatic rings. The molecule has 0 aliphatic rings. The molecule has 1 aromatic carbocycles. The maximum Gasteiger partial charge on any atom is 0.326 e. The fourth-order valence-corrected chi connectivity index (χ4v) is 2.03. The average Bonchev–Trinajstić information content (AvgIpc) is 2.79. The first-order valence-corrected chi connectivity index (χ1v) is 5.64. The molecule has 0 amide bonds. The van der Waals surface area contributed by atoms with Crippen LogP contribution in [-0.4, -0.2) is 19.5 Å². The van der Waals surface area contributed by atoms with Crippen LogP contribution in [0.3, 0.4) is 0 Å². The second-order valence-electron chi connectivity index (χ2n) is 4.65. The summed E-state index contributed by atoms with van der Waals surface area (Å²) in [6.07, 6.45) is 0. The SMILES string of the molecule is CC(C)c1nc2cc3c(cc2[nH]1)[nH]c(=O)n3C. The smallest absolute Gasteiger partial charge is 0.326 e. The Bertz CT molecular complexity index is 760. The Labute approximate surface area is 97.5 Å². The van der Waals surface area contributed by atoms with Crippen LogP contribution in [0, 0.1) is 0 Å². The van der Waals surface area contributed by atoms with Crippen LogP contribution in [0.1, 0.15) is 25.6 Å². The van der Waals surface area contributed by atoms with Crippen LogP contribution in [-0.2, 0) is 7.05 Å². The predicted octanol–water partition coefficient (Wildman–Crippen LogP) is 1.87. The summed E-state index contributed by atoms with van der Waals surface area (Å²) in [4.78, 5) is 22.1. The minimum atomic E-state index is -0.100. The summed E-state index contributed by atoms with van der Waals surface area (Å²) in [5.41, 5.74) is 3.48. The monoisotopic (exact) mass is 230 g/mol. The Kier molecular flexibility index (Phi) is 1.92. The van der Waals surface area contributed by atoms with E-state index in [0.29, 0.717) is 5.92 Å². The van der Waals surface area contributed by atoms with E-state index in [1.807, 2.05) is 12.1 Å². The minimum absolute atomic E-state index is 0.100. The Morgan fingerprint density at radius 1 is 1.24 bits per heavy atom. The Hall–Kier alpha value is -2.04. The third kappa shape index (κ3) is 1.39. The molecule has 0 bridgehead atoms. The molecular formula is C12H14N4O. The van der Waals surface area contributed by atoms with Gasteiger partial charge < -0.3 is 9.97 Å². The number of aromatic nitrogens is 4. The summed E-state index contributed by atoms with van der Waals surface area (Å²) in [7, 11) is 1.75. The Morgan fingerprint density at radius 3 is 2.71 bits per heavy atom. The highest BCUT2D eigenvalue weighted by Crippen LogP contribution is 2.21. The van der Waals surface area contributed by atoms with Crippen LogP contribution < -0.4 is 5.69 Å². The second kappa shape index (κ2) is 3.23. The van der Waals surface area contributed by atoms with Crippen LogP contribution in [0.2, 0.25) is 0 Å². The van der Waals surface area contributed by atoms with Gasteiger partial charge in [0.25, 0.3) is 0 Å². The highest BCUT2D eigenvalue weighted by Gasteiger charge is 2.10. The van der Waals surface area contributed by atoms with Crippen molar-refractivity contribution >= 4 is 22.1 Å². The van der Waals surface area contributed by atoms with E-state index >= 15 is 0 Å². The normalized spacial score (nSPS) is 12.0. The lowest BCUT2D eigenvalue weighted by molar-refractivity contribution is 0.799. The summed E-state index contributed by atoms with van der Waals surface area (Å²) >= 11 is 0. The van der Waals surface area contributed by atoms with Gasteiger partial charge in [-0.2, -0.15) is 0 Å². The van der Waals surface area contributed by atoms with Crippen molar-refractivity contribution in [2.24, 2.45) is 7.05 Å². The molecule has 2 N–H and O–H groups in total. The summed E-state index contributed by atoms with van der Waals surface area (Å²) in [5, 5.41) is 0. The molecule has 2 aromatic heterocycles. The minimum Gasteiger partial charge on any atom is -0.342 e. The van der Waals surface area contributed by atoms with E-state index in [2.05, 4.69) is 28.8 Å². The van der Waals surface area contributed by atoms with Gasteiger partial charge in [0.1, 0.15) is 5.82 Å². The number of rotatable bonds is 1. The van der Waals surface area contributed by atoms with Gasteiger partial charge in [0, 0.05) is 13.0 Å². The van der Waals surface area contributed by atoms with Crippen molar-refractivity contribution in [3.8, 4) is 0 Å². The molecule has 0 aliphatic carbocycles. The van der Waals surface area contributed by atoms with Crippen LogP contribution in [0.25, 0.3) is 22.1 Å². The van der Waals surface area contributed by atoms with Gasteiger partial charge in [-0.1, -0.05) is 13.8 Å². The quantitative estimate of drug-likeness (QED) is 0.670. The third-order valence-corrected chi connectivity index (χ3v) is 3.07. The van der Waals surface area contributed by atoms with E-state index in [9.17, 15) is 4.79 Å². The van der Waals surface area contributed by atoms with E-state index in [1.54, 1.807) is 11.6 Å². The second-order valence-corrected chi connectivity index (χ2v) is 4.65. The molecule has 88 valence electrons. The van der Waals surface area contributed by atoms with E-state index < -0.39 is 0 Å². The predicted molar refractivity (Wildman–Crippen MR) is 67.3 cm³/mol. The topological polar surface area (TPSA) is 66.5 Å². The van der Waals surface area contributed by atoms with Crippen molar-refractivity contribution in [2.75, 3.05) is 0 Å². The van der Waals surface area contributed by atoms with Crippen LogP contribution in [0.5, 0.6) is 0 Å². The number of fused-ring (bicyclic) bond motifs is 2.